The van der Waals surface area contributed by atoms with Gasteiger partial charge in [0.05, 0.1) is 11.6 Å². The van der Waals surface area contributed by atoms with Crippen LogP contribution >= 0.6 is 0 Å². The van der Waals surface area contributed by atoms with Gasteiger partial charge in [-0.2, -0.15) is 0 Å². The van der Waals surface area contributed by atoms with Crippen molar-refractivity contribution < 1.29 is 18.8 Å². The summed E-state index contributed by atoms with van der Waals surface area (Å²) in [6, 6.07) is 0.0331. The van der Waals surface area contributed by atoms with Gasteiger partial charge in [-0.15, -0.1) is 0 Å². The van der Waals surface area contributed by atoms with Crippen LogP contribution in [-0.2, 0) is 9.59 Å². The van der Waals surface area contributed by atoms with E-state index in [4.69, 9.17) is 0 Å². The number of rotatable bonds is 3. The predicted octanol–water partition coefficient (Wildman–Crippen LogP) is 4.32. The number of H-pyrrole nitrogens is 1. The van der Waals surface area contributed by atoms with Gasteiger partial charge in [-0.3, -0.25) is 9.59 Å². The summed E-state index contributed by atoms with van der Waals surface area (Å²) in [7, 11) is 0. The number of carbonyl (C=O) groups excluding carboxylic acids is 3. The van der Waals surface area contributed by atoms with Crippen LogP contribution in [0.25, 0.3) is 6.08 Å². The Balaban J connectivity index is 1.51. The van der Waals surface area contributed by atoms with E-state index in [0.29, 0.717) is 35.6 Å². The van der Waals surface area contributed by atoms with Gasteiger partial charge in [0.2, 0.25) is 5.91 Å². The van der Waals surface area contributed by atoms with Gasteiger partial charge in [0.15, 0.2) is 0 Å². The Labute approximate surface area is 211 Å². The fraction of sp³-hybridized carbons (Fsp3) is 0.444. The van der Waals surface area contributed by atoms with Crippen LogP contribution in [0.5, 0.6) is 0 Å². The number of urea groups is 1. The molecule has 0 spiro atoms. The van der Waals surface area contributed by atoms with E-state index < -0.39 is 5.83 Å². The van der Waals surface area contributed by atoms with Gasteiger partial charge < -0.3 is 25.4 Å². The molecule has 4 amide bonds. The molecule has 4 heterocycles. The summed E-state index contributed by atoms with van der Waals surface area (Å²) in [5, 5.41) is 5.69. The molecule has 9 heteroatoms. The van der Waals surface area contributed by atoms with Crippen molar-refractivity contribution >= 4 is 29.6 Å². The Kier molecular flexibility index (Phi) is 7.76. The monoisotopic (exact) mass is 495 g/mol. The molecule has 36 heavy (non-hydrogen) atoms. The largest absolute Gasteiger partial charge is 0.357 e. The van der Waals surface area contributed by atoms with Gasteiger partial charge in [-0.05, 0) is 81.9 Å². The van der Waals surface area contributed by atoms with Crippen LogP contribution in [0.2, 0.25) is 0 Å². The van der Waals surface area contributed by atoms with Crippen LogP contribution in [-0.4, -0.2) is 58.8 Å². The SMILES string of the molecule is C/C1=C\C(F)=C/C=C/NC(=O)\C1=C/c1[nH]c(C)c(NC(=O)C2CCCN(C(=O)N3CCCC3)C2)c1C. The molecular weight excluding hydrogens is 461 g/mol. The third kappa shape index (κ3) is 5.61. The van der Waals surface area contributed by atoms with E-state index >= 15 is 0 Å². The van der Waals surface area contributed by atoms with E-state index in [1.165, 1.54) is 24.4 Å². The van der Waals surface area contributed by atoms with Gasteiger partial charge in [0, 0.05) is 49.3 Å². The minimum atomic E-state index is -0.455. The number of carbonyl (C=O) groups is 3. The maximum atomic E-state index is 14.0. The zero-order chi connectivity index (χ0) is 25.8. The van der Waals surface area contributed by atoms with Crippen LogP contribution in [0.3, 0.4) is 0 Å². The van der Waals surface area contributed by atoms with E-state index in [1.54, 1.807) is 17.9 Å². The van der Waals surface area contributed by atoms with Crippen molar-refractivity contribution in [2.75, 3.05) is 31.5 Å². The molecule has 3 aliphatic heterocycles. The van der Waals surface area contributed by atoms with E-state index in [1.807, 2.05) is 18.7 Å². The molecule has 3 aliphatic rings. The number of likely N-dealkylation sites (tertiary alicyclic amines) is 2. The Morgan fingerprint density at radius 1 is 1.11 bits per heavy atom. The summed E-state index contributed by atoms with van der Waals surface area (Å²) in [6.45, 7) is 8.07. The van der Waals surface area contributed by atoms with Crippen molar-refractivity contribution in [2.24, 2.45) is 5.92 Å². The molecule has 2 fully saturated rings. The average Bonchev–Trinajstić information content (AvgIpc) is 3.49. The van der Waals surface area contributed by atoms with E-state index in [-0.39, 0.29) is 23.8 Å². The van der Waals surface area contributed by atoms with Crippen molar-refractivity contribution in [1.82, 2.24) is 20.1 Å². The Hall–Kier alpha value is -3.62. The molecule has 0 aromatic carbocycles. The normalized spacial score (nSPS) is 25.7. The fourth-order valence-corrected chi connectivity index (χ4v) is 4.98. The summed E-state index contributed by atoms with van der Waals surface area (Å²) in [4.78, 5) is 45.6. The molecule has 8 nitrogen and oxygen atoms in total. The molecule has 0 bridgehead atoms. The van der Waals surface area contributed by atoms with E-state index in [2.05, 4.69) is 15.6 Å². The first-order valence-electron chi connectivity index (χ1n) is 12.5. The second-order valence-corrected chi connectivity index (χ2v) is 9.68. The minimum Gasteiger partial charge on any atom is -0.357 e. The van der Waals surface area contributed by atoms with Crippen molar-refractivity contribution in [3.8, 4) is 0 Å². The van der Waals surface area contributed by atoms with Crippen LogP contribution in [0.1, 0.15) is 49.6 Å². The maximum absolute atomic E-state index is 14.0. The van der Waals surface area contributed by atoms with Crippen molar-refractivity contribution in [3.05, 3.63) is 58.4 Å². The Morgan fingerprint density at radius 3 is 2.58 bits per heavy atom. The quantitative estimate of drug-likeness (QED) is 0.545. The van der Waals surface area contributed by atoms with Crippen LogP contribution in [0.4, 0.5) is 14.9 Å². The van der Waals surface area contributed by atoms with Crippen LogP contribution < -0.4 is 10.6 Å². The number of hydrogen-bond donors (Lipinski definition) is 3. The number of allylic oxidation sites excluding steroid dienone is 4. The number of halogens is 1. The number of piperidine rings is 1. The smallest absolute Gasteiger partial charge is 0.320 e. The molecule has 1 aromatic rings. The van der Waals surface area contributed by atoms with Gasteiger partial charge in [0.1, 0.15) is 5.83 Å². The molecule has 0 saturated carbocycles. The molecule has 4 rings (SSSR count). The summed E-state index contributed by atoms with van der Waals surface area (Å²) < 4.78 is 14.0. The second kappa shape index (κ2) is 11.0. The first-order valence-corrected chi connectivity index (χ1v) is 12.5. The summed E-state index contributed by atoms with van der Waals surface area (Å²) in [5.41, 5.74) is 3.64. The lowest BCUT2D eigenvalue weighted by Crippen LogP contribution is -2.48. The van der Waals surface area contributed by atoms with Gasteiger partial charge >= 0.3 is 6.03 Å². The number of aryl methyl sites for hydroxylation is 1. The van der Waals surface area contributed by atoms with Crippen LogP contribution in [0.15, 0.2) is 41.4 Å². The lowest BCUT2D eigenvalue weighted by Gasteiger charge is -2.34. The van der Waals surface area contributed by atoms with Crippen molar-refractivity contribution in [3.63, 3.8) is 0 Å². The molecule has 0 radical (unpaired) electrons. The highest BCUT2D eigenvalue weighted by molar-refractivity contribution is 6.03. The highest BCUT2D eigenvalue weighted by Gasteiger charge is 2.32. The number of anilines is 1. The Bertz CT molecular complexity index is 1170. The number of amides is 4. The van der Waals surface area contributed by atoms with Crippen molar-refractivity contribution in [2.45, 2.75) is 46.5 Å². The standard InChI is InChI=1S/C27H34FN5O3/c1-17-14-21(28)9-6-10-29-26(35)22(17)15-23-18(2)24(19(3)30-23)31-25(34)20-8-7-13-33(16-20)27(36)32-11-4-5-12-32/h6,9-10,14-15,20,30H,4-5,7-8,11-13,16H2,1-3H3,(H,29,35)(H,31,34)/b10-6+,17-14+,21-9+,22-15-. The maximum Gasteiger partial charge on any atom is 0.320 e. The molecular formula is C27H34FN5O3. The van der Waals surface area contributed by atoms with E-state index in [0.717, 1.165) is 50.0 Å². The predicted molar refractivity (Wildman–Crippen MR) is 138 cm³/mol. The number of aromatic amines is 1. The van der Waals surface area contributed by atoms with Crippen molar-refractivity contribution in [1.29, 1.82) is 0 Å². The fourth-order valence-electron chi connectivity index (χ4n) is 4.98. The first-order chi connectivity index (χ1) is 17.2. The summed E-state index contributed by atoms with van der Waals surface area (Å²) in [5.74, 6) is -1.21. The zero-order valence-corrected chi connectivity index (χ0v) is 21.1. The molecule has 192 valence electrons. The third-order valence-corrected chi connectivity index (χ3v) is 7.04. The molecule has 1 aromatic heterocycles. The average molecular weight is 496 g/mol. The van der Waals surface area contributed by atoms with Crippen LogP contribution in [0, 0.1) is 19.8 Å². The molecule has 1 atom stereocenters. The highest BCUT2D eigenvalue weighted by atomic mass is 19.1. The molecule has 2 saturated heterocycles. The number of aromatic nitrogens is 1. The molecule has 3 N–H and O–H groups in total. The first kappa shape index (κ1) is 25.5. The number of nitrogens with zero attached hydrogens (tertiary/aromatic N) is 2. The van der Waals surface area contributed by atoms with Gasteiger partial charge in [0.25, 0.3) is 5.91 Å². The topological polar surface area (TPSA) is 97.5 Å². The third-order valence-electron chi connectivity index (χ3n) is 7.04. The highest BCUT2D eigenvalue weighted by Crippen LogP contribution is 2.29. The van der Waals surface area contributed by atoms with Gasteiger partial charge in [-0.25, -0.2) is 9.18 Å². The lowest BCUT2D eigenvalue weighted by atomic mass is 9.97. The lowest BCUT2D eigenvalue weighted by molar-refractivity contribution is -0.121. The summed E-state index contributed by atoms with van der Waals surface area (Å²) in [6.07, 6.45) is 10.7. The minimum absolute atomic E-state index is 0.0331. The summed E-state index contributed by atoms with van der Waals surface area (Å²) >= 11 is 0. The molecule has 1 unspecified atom stereocenters. The second-order valence-electron chi connectivity index (χ2n) is 9.68. The van der Waals surface area contributed by atoms with Gasteiger partial charge in [-0.1, -0.05) is 0 Å². The number of nitrogens with one attached hydrogen (secondary N) is 3. The molecule has 0 aliphatic carbocycles. The Morgan fingerprint density at radius 2 is 1.83 bits per heavy atom. The number of hydrogen-bond acceptors (Lipinski definition) is 3. The zero-order valence-electron chi connectivity index (χ0n) is 21.1. The van der Waals surface area contributed by atoms with E-state index in [9.17, 15) is 18.8 Å².